The van der Waals surface area contributed by atoms with Crippen molar-refractivity contribution in [3.63, 3.8) is 0 Å². The number of carbonyl (C=O) groups is 2. The van der Waals surface area contributed by atoms with E-state index < -0.39 is 18.2 Å². The Morgan fingerprint density at radius 3 is 2.78 bits per heavy atom. The number of halogens is 1. The molecule has 0 aliphatic carbocycles. The van der Waals surface area contributed by atoms with Gasteiger partial charge in [0.2, 0.25) is 11.8 Å². The van der Waals surface area contributed by atoms with Gasteiger partial charge in [-0.3, -0.25) is 14.5 Å². The zero-order chi connectivity index (χ0) is 16.6. The van der Waals surface area contributed by atoms with E-state index in [9.17, 15) is 19.1 Å². The number of nitrogens with zero attached hydrogens (tertiary/aromatic N) is 2. The highest BCUT2D eigenvalue weighted by Crippen LogP contribution is 2.20. The fourth-order valence-corrected chi connectivity index (χ4v) is 3.16. The van der Waals surface area contributed by atoms with Gasteiger partial charge in [0, 0.05) is 31.7 Å². The Balaban J connectivity index is 1.70. The third-order valence-corrected chi connectivity index (χ3v) is 4.45. The molecule has 1 aromatic rings. The molecule has 3 atom stereocenters. The monoisotopic (exact) mass is 321 g/mol. The van der Waals surface area contributed by atoms with Crippen molar-refractivity contribution in [3.8, 4) is 0 Å². The normalized spacial score (nSPS) is 26.7. The minimum Gasteiger partial charge on any atom is -0.391 e. The maximum absolute atomic E-state index is 13.8. The molecule has 0 aromatic heterocycles. The summed E-state index contributed by atoms with van der Waals surface area (Å²) in [5.74, 6) is -0.794. The van der Waals surface area contributed by atoms with Gasteiger partial charge in [-0.1, -0.05) is 18.2 Å². The zero-order valence-electron chi connectivity index (χ0n) is 12.9. The SMILES string of the molecule is C[C@H](O)[C@H]1NC(=O)[C@H]2CN(Cc3ccccc3F)CCN2C1=O. The van der Waals surface area contributed by atoms with Gasteiger partial charge in [-0.05, 0) is 13.0 Å². The van der Waals surface area contributed by atoms with Gasteiger partial charge in [0.05, 0.1) is 6.10 Å². The van der Waals surface area contributed by atoms with Crippen LogP contribution < -0.4 is 5.32 Å². The number of benzene rings is 1. The largest absolute Gasteiger partial charge is 0.391 e. The molecule has 1 aromatic carbocycles. The molecule has 2 N–H and O–H groups in total. The average Bonchev–Trinajstić information content (AvgIpc) is 2.53. The van der Waals surface area contributed by atoms with Crippen molar-refractivity contribution in [2.75, 3.05) is 19.6 Å². The highest BCUT2D eigenvalue weighted by molar-refractivity contribution is 5.97. The molecule has 2 aliphatic heterocycles. The smallest absolute Gasteiger partial charge is 0.248 e. The lowest BCUT2D eigenvalue weighted by molar-refractivity contribution is -0.156. The lowest BCUT2D eigenvalue weighted by Gasteiger charge is -2.45. The van der Waals surface area contributed by atoms with Gasteiger partial charge >= 0.3 is 0 Å². The van der Waals surface area contributed by atoms with Crippen molar-refractivity contribution in [3.05, 3.63) is 35.6 Å². The molecule has 2 fully saturated rings. The van der Waals surface area contributed by atoms with Crippen LogP contribution in [0.4, 0.5) is 4.39 Å². The van der Waals surface area contributed by atoms with E-state index in [4.69, 9.17) is 0 Å². The number of aliphatic hydroxyl groups is 1. The number of hydrogen-bond donors (Lipinski definition) is 2. The molecule has 0 radical (unpaired) electrons. The first kappa shape index (κ1) is 15.9. The van der Waals surface area contributed by atoms with Crippen LogP contribution in [0.25, 0.3) is 0 Å². The Bertz CT molecular complexity index is 622. The van der Waals surface area contributed by atoms with Gasteiger partial charge in [-0.25, -0.2) is 4.39 Å². The number of hydrogen-bond acceptors (Lipinski definition) is 4. The highest BCUT2D eigenvalue weighted by atomic mass is 19.1. The second-order valence-corrected chi connectivity index (χ2v) is 6.10. The number of nitrogens with one attached hydrogen (secondary N) is 1. The van der Waals surface area contributed by atoms with E-state index in [2.05, 4.69) is 5.32 Å². The quantitative estimate of drug-likeness (QED) is 0.803. The van der Waals surface area contributed by atoms with Gasteiger partial charge < -0.3 is 15.3 Å². The van der Waals surface area contributed by atoms with E-state index in [1.165, 1.54) is 17.9 Å². The average molecular weight is 321 g/mol. The fourth-order valence-electron chi connectivity index (χ4n) is 3.16. The first-order valence-electron chi connectivity index (χ1n) is 7.72. The van der Waals surface area contributed by atoms with E-state index in [-0.39, 0.29) is 17.6 Å². The van der Waals surface area contributed by atoms with E-state index in [0.717, 1.165) is 0 Å². The predicted molar refractivity (Wildman–Crippen MR) is 80.8 cm³/mol. The summed E-state index contributed by atoms with van der Waals surface area (Å²) in [5.41, 5.74) is 0.574. The van der Waals surface area contributed by atoms with Crippen LogP contribution in [0.1, 0.15) is 12.5 Å². The molecule has 23 heavy (non-hydrogen) atoms. The summed E-state index contributed by atoms with van der Waals surface area (Å²) in [6.45, 7) is 3.21. The second-order valence-electron chi connectivity index (χ2n) is 6.10. The van der Waals surface area contributed by atoms with Crippen LogP contribution in [-0.4, -0.2) is 64.5 Å². The minimum atomic E-state index is -0.927. The van der Waals surface area contributed by atoms with Crippen molar-refractivity contribution in [2.24, 2.45) is 0 Å². The number of fused-ring (bicyclic) bond motifs is 1. The topological polar surface area (TPSA) is 72.9 Å². The molecule has 0 spiro atoms. The summed E-state index contributed by atoms with van der Waals surface area (Å²) in [6, 6.07) is 5.08. The van der Waals surface area contributed by atoms with Gasteiger partial charge in [-0.2, -0.15) is 0 Å². The van der Waals surface area contributed by atoms with E-state index >= 15 is 0 Å². The molecule has 0 unspecified atom stereocenters. The third kappa shape index (κ3) is 3.07. The third-order valence-electron chi connectivity index (χ3n) is 4.45. The first-order valence-corrected chi connectivity index (χ1v) is 7.72. The van der Waals surface area contributed by atoms with Gasteiger partial charge in [0.15, 0.2) is 0 Å². The number of amides is 2. The predicted octanol–water partition coefficient (Wildman–Crippen LogP) is -0.282. The first-order chi connectivity index (χ1) is 11.0. The van der Waals surface area contributed by atoms with E-state index in [1.807, 2.05) is 4.90 Å². The van der Waals surface area contributed by atoms with Crippen LogP contribution in [0.3, 0.4) is 0 Å². The summed E-state index contributed by atoms with van der Waals surface area (Å²) in [7, 11) is 0. The van der Waals surface area contributed by atoms with Crippen molar-refractivity contribution < 1.29 is 19.1 Å². The maximum atomic E-state index is 13.8. The Hall–Kier alpha value is -1.99. The van der Waals surface area contributed by atoms with Crippen LogP contribution in [0, 0.1) is 5.82 Å². The van der Waals surface area contributed by atoms with Crippen LogP contribution in [-0.2, 0) is 16.1 Å². The molecular weight excluding hydrogens is 301 g/mol. The minimum absolute atomic E-state index is 0.254. The molecule has 124 valence electrons. The molecule has 6 nitrogen and oxygen atoms in total. The van der Waals surface area contributed by atoms with Gasteiger partial charge in [0.25, 0.3) is 0 Å². The number of rotatable bonds is 3. The Morgan fingerprint density at radius 2 is 2.09 bits per heavy atom. The maximum Gasteiger partial charge on any atom is 0.248 e. The summed E-state index contributed by atoms with van der Waals surface area (Å²) in [6.07, 6.45) is -0.927. The van der Waals surface area contributed by atoms with Crippen molar-refractivity contribution in [1.29, 1.82) is 0 Å². The van der Waals surface area contributed by atoms with Crippen molar-refractivity contribution >= 4 is 11.8 Å². The van der Waals surface area contributed by atoms with Gasteiger partial charge in [0.1, 0.15) is 17.9 Å². The number of carbonyl (C=O) groups excluding carboxylic acids is 2. The van der Waals surface area contributed by atoms with E-state index in [0.29, 0.717) is 31.7 Å². The van der Waals surface area contributed by atoms with Crippen LogP contribution in [0.5, 0.6) is 0 Å². The number of piperazine rings is 2. The highest BCUT2D eigenvalue weighted by Gasteiger charge is 2.44. The summed E-state index contributed by atoms with van der Waals surface area (Å²) in [5, 5.41) is 12.2. The van der Waals surface area contributed by atoms with Crippen molar-refractivity contribution in [2.45, 2.75) is 31.7 Å². The molecule has 0 saturated carbocycles. The van der Waals surface area contributed by atoms with Crippen LogP contribution in [0.15, 0.2) is 24.3 Å². The fraction of sp³-hybridized carbons (Fsp3) is 0.500. The zero-order valence-corrected chi connectivity index (χ0v) is 12.9. The molecular formula is C16H20FN3O3. The van der Waals surface area contributed by atoms with E-state index in [1.54, 1.807) is 18.2 Å². The molecule has 2 amide bonds. The van der Waals surface area contributed by atoms with Crippen LogP contribution in [0.2, 0.25) is 0 Å². The summed E-state index contributed by atoms with van der Waals surface area (Å²) in [4.78, 5) is 28.1. The summed E-state index contributed by atoms with van der Waals surface area (Å²) < 4.78 is 13.8. The van der Waals surface area contributed by atoms with Crippen molar-refractivity contribution in [1.82, 2.24) is 15.1 Å². The molecule has 0 bridgehead atoms. The standard InChI is InChI=1S/C16H20FN3O3/c1-10(21)14-16(23)20-7-6-19(9-13(20)15(22)18-14)8-11-4-2-3-5-12(11)17/h2-5,10,13-14,21H,6-9H2,1H3,(H,18,22)/t10-,13+,14+/m0/s1. The second kappa shape index (κ2) is 6.25. The molecule has 2 aliphatic rings. The lowest BCUT2D eigenvalue weighted by Crippen LogP contribution is -2.70. The van der Waals surface area contributed by atoms with Crippen LogP contribution >= 0.6 is 0 Å². The molecule has 3 rings (SSSR count). The number of aliphatic hydroxyl groups excluding tert-OH is 1. The molecule has 7 heteroatoms. The Labute approximate surface area is 133 Å². The van der Waals surface area contributed by atoms with Gasteiger partial charge in [-0.15, -0.1) is 0 Å². The summed E-state index contributed by atoms with van der Waals surface area (Å²) >= 11 is 0. The Kier molecular flexibility index (Phi) is 4.32. The lowest BCUT2D eigenvalue weighted by atomic mass is 10.0. The molecule has 2 saturated heterocycles. The molecule has 2 heterocycles. The Morgan fingerprint density at radius 1 is 1.35 bits per heavy atom.